The number of benzene rings is 1. The smallest absolute Gasteiger partial charge is 0.382 e. The zero-order valence-electron chi connectivity index (χ0n) is 14.6. The number of aromatic nitrogens is 1. The second-order valence-corrected chi connectivity index (χ2v) is 8.40. The lowest BCUT2D eigenvalue weighted by atomic mass is 9.91. The minimum Gasteiger partial charge on any atom is -0.382 e. The van der Waals surface area contributed by atoms with Gasteiger partial charge in [0.05, 0.1) is 6.57 Å². The van der Waals surface area contributed by atoms with Gasteiger partial charge in [-0.15, -0.1) is 0 Å². The van der Waals surface area contributed by atoms with Crippen LogP contribution in [0.2, 0.25) is 0 Å². The predicted octanol–water partition coefficient (Wildman–Crippen LogP) is 4.87. The Morgan fingerprint density at radius 3 is 2.43 bits per heavy atom. The lowest BCUT2D eigenvalue weighted by Crippen LogP contribution is -2.34. The number of sulfone groups is 1. The number of fused-ring (bicyclic) bond motifs is 1. The van der Waals surface area contributed by atoms with Crippen LogP contribution in [0.3, 0.4) is 0 Å². The lowest BCUT2D eigenvalue weighted by molar-refractivity contribution is -0.123. The van der Waals surface area contributed by atoms with Gasteiger partial charge in [0.15, 0.2) is 5.69 Å². The number of aliphatic hydroxyl groups is 1. The van der Waals surface area contributed by atoms with Crippen LogP contribution in [-0.2, 0) is 16.3 Å². The molecule has 1 N–H and O–H groups in total. The molecule has 0 unspecified atom stereocenters. The van der Waals surface area contributed by atoms with E-state index in [0.717, 1.165) is 22.8 Å². The van der Waals surface area contributed by atoms with Crippen molar-refractivity contribution >= 4 is 15.5 Å². The van der Waals surface area contributed by atoms with Crippen molar-refractivity contribution in [1.82, 2.24) is 4.57 Å². The summed E-state index contributed by atoms with van der Waals surface area (Å²) < 4.78 is 118. The zero-order chi connectivity index (χ0) is 22.6. The van der Waals surface area contributed by atoms with Gasteiger partial charge in [-0.2, -0.15) is 13.2 Å². The molecular formula is C17H11F7N2O3S. The maximum Gasteiger partial charge on any atom is 0.501 e. The Bertz CT molecular complexity index is 1150. The summed E-state index contributed by atoms with van der Waals surface area (Å²) in [5.74, 6) is -3.89. The van der Waals surface area contributed by atoms with E-state index in [4.69, 9.17) is 6.57 Å². The number of hydrogen-bond donors (Lipinski definition) is 1. The van der Waals surface area contributed by atoms with Crippen molar-refractivity contribution in [2.24, 2.45) is 0 Å². The summed E-state index contributed by atoms with van der Waals surface area (Å²) in [5, 5.41) is 9.93. The van der Waals surface area contributed by atoms with Gasteiger partial charge < -0.3 is 9.67 Å². The van der Waals surface area contributed by atoms with Crippen molar-refractivity contribution < 1.29 is 44.3 Å². The molecule has 5 nitrogen and oxygen atoms in total. The maximum absolute atomic E-state index is 14.0. The number of nitrogens with zero attached hydrogens (tertiary/aromatic N) is 2. The number of alkyl halides is 7. The SMILES string of the molecule is [C-]#[N+]c1ccc(-n2cc(S(=O)(=O)C(F)(F)F)c3c2CCC(F)(F)[C@H]3O)cc1C(F)F. The zero-order valence-corrected chi connectivity index (χ0v) is 15.4. The average Bonchev–Trinajstić information content (AvgIpc) is 3.04. The van der Waals surface area contributed by atoms with Gasteiger partial charge in [0.25, 0.3) is 22.2 Å². The monoisotopic (exact) mass is 456 g/mol. The van der Waals surface area contributed by atoms with Crippen LogP contribution in [0.5, 0.6) is 0 Å². The fourth-order valence-corrected chi connectivity index (χ4v) is 4.27. The van der Waals surface area contributed by atoms with Crippen molar-refractivity contribution in [1.29, 1.82) is 0 Å². The van der Waals surface area contributed by atoms with Crippen LogP contribution in [-0.4, -0.2) is 29.5 Å². The minimum atomic E-state index is -6.14. The van der Waals surface area contributed by atoms with E-state index in [1.54, 1.807) is 0 Å². The molecule has 0 fully saturated rings. The quantitative estimate of drug-likeness (QED) is 0.529. The summed E-state index contributed by atoms with van der Waals surface area (Å²) in [6.45, 7) is 6.89. The van der Waals surface area contributed by atoms with Gasteiger partial charge in [-0.05, 0) is 18.6 Å². The van der Waals surface area contributed by atoms with E-state index in [1.807, 2.05) is 0 Å². The topological polar surface area (TPSA) is 63.7 Å². The number of aliphatic hydroxyl groups excluding tert-OH is 1. The van der Waals surface area contributed by atoms with Gasteiger partial charge in [0.1, 0.15) is 11.0 Å². The molecular weight excluding hydrogens is 445 g/mol. The Morgan fingerprint density at radius 2 is 1.90 bits per heavy atom. The van der Waals surface area contributed by atoms with Gasteiger partial charge in [-0.25, -0.2) is 30.8 Å². The van der Waals surface area contributed by atoms with Crippen LogP contribution in [0.1, 0.15) is 35.8 Å². The molecule has 1 aliphatic carbocycles. The van der Waals surface area contributed by atoms with Crippen LogP contribution >= 0.6 is 0 Å². The third-order valence-electron chi connectivity index (χ3n) is 4.72. The molecule has 1 atom stereocenters. The highest BCUT2D eigenvalue weighted by atomic mass is 32.2. The molecule has 0 spiro atoms. The first-order valence-electron chi connectivity index (χ1n) is 8.13. The van der Waals surface area contributed by atoms with Crippen molar-refractivity contribution in [2.45, 2.75) is 41.7 Å². The molecule has 0 saturated heterocycles. The summed E-state index contributed by atoms with van der Waals surface area (Å²) in [6.07, 6.45) is -7.22. The average molecular weight is 456 g/mol. The molecule has 30 heavy (non-hydrogen) atoms. The first kappa shape index (κ1) is 22.1. The van der Waals surface area contributed by atoms with Crippen LogP contribution in [0.25, 0.3) is 10.5 Å². The Hall–Kier alpha value is -2.59. The standard InChI is InChI=1S/C17H11F7N2O3S/c1-25-10-3-2-8(6-9(10)15(18)19)26-7-12(30(28,29)17(22,23)24)13-11(26)4-5-16(20,21)14(13)27/h2-3,6-7,14-15,27H,4-5H2/t14-/m0/s1. The second kappa shape index (κ2) is 6.98. The number of halogens is 7. The van der Waals surface area contributed by atoms with Crippen molar-refractivity contribution in [2.75, 3.05) is 0 Å². The van der Waals surface area contributed by atoms with E-state index < -0.39 is 68.3 Å². The fourth-order valence-electron chi connectivity index (χ4n) is 3.25. The van der Waals surface area contributed by atoms with Gasteiger partial charge in [0.2, 0.25) is 0 Å². The third-order valence-corrected chi connectivity index (χ3v) is 6.23. The molecule has 1 aliphatic rings. The Morgan fingerprint density at radius 1 is 1.27 bits per heavy atom. The predicted molar refractivity (Wildman–Crippen MR) is 88.5 cm³/mol. The molecule has 3 rings (SSSR count). The van der Waals surface area contributed by atoms with Crippen LogP contribution < -0.4 is 0 Å². The molecule has 1 heterocycles. The first-order valence-corrected chi connectivity index (χ1v) is 9.62. The van der Waals surface area contributed by atoms with Crippen LogP contribution in [0.4, 0.5) is 36.4 Å². The van der Waals surface area contributed by atoms with E-state index in [9.17, 15) is 44.3 Å². The molecule has 13 heteroatoms. The molecule has 1 aromatic heterocycles. The first-order chi connectivity index (χ1) is 13.7. The van der Waals surface area contributed by atoms with E-state index in [2.05, 4.69) is 4.85 Å². The highest BCUT2D eigenvalue weighted by Gasteiger charge is 2.54. The fraction of sp³-hybridized carbons (Fsp3) is 0.353. The van der Waals surface area contributed by atoms with Gasteiger partial charge in [-0.3, -0.25) is 0 Å². The van der Waals surface area contributed by atoms with Crippen LogP contribution in [0.15, 0.2) is 29.3 Å². The van der Waals surface area contributed by atoms with Gasteiger partial charge in [-0.1, -0.05) is 6.07 Å². The summed E-state index contributed by atoms with van der Waals surface area (Å²) >= 11 is 0. The lowest BCUT2D eigenvalue weighted by Gasteiger charge is -2.29. The van der Waals surface area contributed by atoms with Crippen LogP contribution in [0, 0.1) is 6.57 Å². The summed E-state index contributed by atoms with van der Waals surface area (Å²) in [4.78, 5) is 1.32. The van der Waals surface area contributed by atoms with Gasteiger partial charge in [0, 0.05) is 35.1 Å². The summed E-state index contributed by atoms with van der Waals surface area (Å²) in [7, 11) is -6.14. The Balaban J connectivity index is 2.34. The van der Waals surface area contributed by atoms with E-state index in [1.165, 1.54) is 0 Å². The molecule has 0 bridgehead atoms. The van der Waals surface area contributed by atoms with Crippen molar-refractivity contribution in [3.8, 4) is 5.69 Å². The normalized spacial score (nSPS) is 18.9. The van der Waals surface area contributed by atoms with E-state index in [0.29, 0.717) is 6.20 Å². The number of rotatable bonds is 3. The molecule has 0 saturated carbocycles. The molecule has 2 aromatic rings. The molecule has 1 aromatic carbocycles. The molecule has 0 aliphatic heterocycles. The van der Waals surface area contributed by atoms with Crippen molar-refractivity contribution in [3.05, 3.63) is 52.6 Å². The summed E-state index contributed by atoms with van der Waals surface area (Å²) in [5.41, 5.74) is -8.84. The Labute approximate surface area is 165 Å². The van der Waals surface area contributed by atoms with Gasteiger partial charge >= 0.3 is 5.51 Å². The molecule has 162 valence electrons. The largest absolute Gasteiger partial charge is 0.501 e. The van der Waals surface area contributed by atoms with E-state index >= 15 is 0 Å². The third kappa shape index (κ3) is 3.33. The molecule has 0 radical (unpaired) electrons. The maximum atomic E-state index is 14.0. The highest BCUT2D eigenvalue weighted by Crippen LogP contribution is 2.47. The minimum absolute atomic E-state index is 0.269. The second-order valence-electron chi connectivity index (χ2n) is 6.49. The Kier molecular flexibility index (Phi) is 5.15. The number of hydrogen-bond acceptors (Lipinski definition) is 3. The van der Waals surface area contributed by atoms with E-state index in [-0.39, 0.29) is 11.4 Å². The van der Waals surface area contributed by atoms with Crippen molar-refractivity contribution in [3.63, 3.8) is 0 Å². The summed E-state index contributed by atoms with van der Waals surface area (Å²) in [6, 6.07) is 2.76. The highest BCUT2D eigenvalue weighted by molar-refractivity contribution is 7.92. The molecule has 0 amide bonds.